The van der Waals surface area contributed by atoms with Crippen LogP contribution in [0.3, 0.4) is 0 Å². The zero-order valence-corrected chi connectivity index (χ0v) is 6.99. The number of hydrogen-bond donors (Lipinski definition) is 3. The lowest BCUT2D eigenvalue weighted by molar-refractivity contribution is 1.10. The van der Waals surface area contributed by atoms with Crippen molar-refractivity contribution in [1.82, 2.24) is 10.2 Å². The van der Waals surface area contributed by atoms with Gasteiger partial charge in [0, 0.05) is 11.8 Å². The van der Waals surface area contributed by atoms with Gasteiger partial charge in [-0.25, -0.2) is 0 Å². The van der Waals surface area contributed by atoms with Crippen LogP contribution < -0.4 is 11.1 Å². The van der Waals surface area contributed by atoms with Crippen LogP contribution in [0.2, 0.25) is 0 Å². The molecule has 0 bridgehead atoms. The average Bonchev–Trinajstić information content (AvgIpc) is 2.53. The fourth-order valence-electron chi connectivity index (χ4n) is 1.07. The number of hydrogen-bond acceptors (Lipinski definition) is 3. The molecule has 0 radical (unpaired) electrons. The molecule has 4 N–H and O–H groups in total. The van der Waals surface area contributed by atoms with Gasteiger partial charge in [0.1, 0.15) is 5.82 Å². The van der Waals surface area contributed by atoms with E-state index in [2.05, 4.69) is 15.5 Å². The maximum absolute atomic E-state index is 5.47. The van der Waals surface area contributed by atoms with Crippen molar-refractivity contribution in [2.45, 2.75) is 0 Å². The maximum atomic E-state index is 5.47. The number of anilines is 3. The van der Waals surface area contributed by atoms with Gasteiger partial charge in [-0.3, -0.25) is 5.10 Å². The minimum absolute atomic E-state index is 0.554. The van der Waals surface area contributed by atoms with E-state index in [-0.39, 0.29) is 0 Å². The highest BCUT2D eigenvalue weighted by molar-refractivity contribution is 5.58. The van der Waals surface area contributed by atoms with Crippen molar-refractivity contribution in [2.75, 3.05) is 11.1 Å². The van der Waals surface area contributed by atoms with Gasteiger partial charge in [0.2, 0.25) is 0 Å². The van der Waals surface area contributed by atoms with Gasteiger partial charge in [-0.15, -0.1) is 0 Å². The van der Waals surface area contributed by atoms with Crippen molar-refractivity contribution in [2.24, 2.45) is 0 Å². The summed E-state index contributed by atoms with van der Waals surface area (Å²) in [5, 5.41) is 9.71. The molecule has 1 aromatic carbocycles. The predicted molar refractivity (Wildman–Crippen MR) is 52.7 cm³/mol. The second-order valence-corrected chi connectivity index (χ2v) is 2.70. The van der Waals surface area contributed by atoms with E-state index in [4.69, 9.17) is 5.73 Å². The van der Waals surface area contributed by atoms with E-state index in [9.17, 15) is 0 Å². The molecular formula is C9H10N4. The monoisotopic (exact) mass is 174 g/mol. The van der Waals surface area contributed by atoms with Gasteiger partial charge < -0.3 is 11.1 Å². The molecule has 0 saturated heterocycles. The number of benzene rings is 1. The molecule has 0 aliphatic rings. The fourth-order valence-corrected chi connectivity index (χ4v) is 1.07. The van der Waals surface area contributed by atoms with E-state index in [1.54, 1.807) is 6.07 Å². The number of rotatable bonds is 2. The van der Waals surface area contributed by atoms with Crippen LogP contribution in [0.1, 0.15) is 0 Å². The number of para-hydroxylation sites is 1. The Morgan fingerprint density at radius 2 is 2.00 bits per heavy atom. The highest BCUT2D eigenvalue weighted by Crippen LogP contribution is 2.14. The number of nitrogen functional groups attached to an aromatic ring is 1. The Hall–Kier alpha value is -1.97. The summed E-state index contributed by atoms with van der Waals surface area (Å²) in [4.78, 5) is 0. The SMILES string of the molecule is Nc1cc(Nc2ccccc2)n[nH]1. The van der Waals surface area contributed by atoms with E-state index in [0.29, 0.717) is 5.82 Å². The molecule has 66 valence electrons. The number of aromatic amines is 1. The molecule has 0 saturated carbocycles. The summed E-state index contributed by atoms with van der Waals surface area (Å²) in [5.74, 6) is 1.28. The molecule has 0 atom stereocenters. The van der Waals surface area contributed by atoms with Crippen molar-refractivity contribution < 1.29 is 0 Å². The number of nitrogens with zero attached hydrogens (tertiary/aromatic N) is 1. The molecule has 0 aliphatic carbocycles. The highest BCUT2D eigenvalue weighted by atomic mass is 15.2. The van der Waals surface area contributed by atoms with Crippen LogP contribution in [-0.4, -0.2) is 10.2 Å². The second kappa shape index (κ2) is 3.18. The molecule has 0 aliphatic heterocycles. The van der Waals surface area contributed by atoms with Crippen LogP contribution in [0.5, 0.6) is 0 Å². The molecule has 4 nitrogen and oxygen atoms in total. The van der Waals surface area contributed by atoms with Gasteiger partial charge in [0.05, 0.1) is 0 Å². The number of nitrogens with one attached hydrogen (secondary N) is 2. The van der Waals surface area contributed by atoms with Gasteiger partial charge in [-0.05, 0) is 12.1 Å². The third kappa shape index (κ3) is 1.79. The molecule has 2 rings (SSSR count). The first-order chi connectivity index (χ1) is 6.34. The summed E-state index contributed by atoms with van der Waals surface area (Å²) >= 11 is 0. The summed E-state index contributed by atoms with van der Waals surface area (Å²) in [7, 11) is 0. The van der Waals surface area contributed by atoms with Crippen LogP contribution in [0, 0.1) is 0 Å². The van der Waals surface area contributed by atoms with Gasteiger partial charge in [-0.2, -0.15) is 5.10 Å². The summed E-state index contributed by atoms with van der Waals surface area (Å²) < 4.78 is 0. The average molecular weight is 174 g/mol. The number of aromatic nitrogens is 2. The van der Waals surface area contributed by atoms with E-state index >= 15 is 0 Å². The Labute approximate surface area is 75.8 Å². The molecule has 1 heterocycles. The van der Waals surface area contributed by atoms with Gasteiger partial charge >= 0.3 is 0 Å². The third-order valence-electron chi connectivity index (χ3n) is 1.64. The van der Waals surface area contributed by atoms with Crippen LogP contribution in [0.25, 0.3) is 0 Å². The highest BCUT2D eigenvalue weighted by Gasteiger charge is 1.96. The smallest absolute Gasteiger partial charge is 0.154 e. The Kier molecular flexibility index (Phi) is 1.88. The Bertz CT molecular complexity index is 380. The molecular weight excluding hydrogens is 164 g/mol. The molecule has 0 spiro atoms. The van der Waals surface area contributed by atoms with Crippen LogP contribution in [0.4, 0.5) is 17.3 Å². The van der Waals surface area contributed by atoms with E-state index in [1.165, 1.54) is 0 Å². The first-order valence-corrected chi connectivity index (χ1v) is 3.97. The number of nitrogens with two attached hydrogens (primary N) is 1. The lowest BCUT2D eigenvalue weighted by Crippen LogP contribution is -1.88. The Morgan fingerprint density at radius 1 is 1.23 bits per heavy atom. The zero-order chi connectivity index (χ0) is 9.10. The van der Waals surface area contributed by atoms with Crippen molar-refractivity contribution in [3.8, 4) is 0 Å². The standard InChI is InChI=1S/C9H10N4/c10-8-6-9(13-12-8)11-7-4-2-1-3-5-7/h1-6H,(H4,10,11,12,13). The topological polar surface area (TPSA) is 66.7 Å². The minimum atomic E-state index is 0.554. The first kappa shape index (κ1) is 7.67. The van der Waals surface area contributed by atoms with E-state index in [1.807, 2.05) is 30.3 Å². The summed E-state index contributed by atoms with van der Waals surface area (Å²) in [6.07, 6.45) is 0. The first-order valence-electron chi connectivity index (χ1n) is 3.97. The van der Waals surface area contributed by atoms with Crippen molar-refractivity contribution >= 4 is 17.3 Å². The summed E-state index contributed by atoms with van der Waals surface area (Å²) in [5.41, 5.74) is 6.47. The van der Waals surface area contributed by atoms with Gasteiger partial charge in [-0.1, -0.05) is 18.2 Å². The van der Waals surface area contributed by atoms with Crippen LogP contribution in [0.15, 0.2) is 36.4 Å². The molecule has 1 aromatic heterocycles. The molecule has 2 aromatic rings. The molecule has 13 heavy (non-hydrogen) atoms. The van der Waals surface area contributed by atoms with Crippen LogP contribution in [-0.2, 0) is 0 Å². The Morgan fingerprint density at radius 3 is 2.62 bits per heavy atom. The summed E-state index contributed by atoms with van der Waals surface area (Å²) in [6.45, 7) is 0. The largest absolute Gasteiger partial charge is 0.384 e. The fraction of sp³-hybridized carbons (Fsp3) is 0. The lowest BCUT2D eigenvalue weighted by Gasteiger charge is -1.99. The van der Waals surface area contributed by atoms with Gasteiger partial charge in [0.15, 0.2) is 5.82 Å². The molecule has 0 amide bonds. The lowest BCUT2D eigenvalue weighted by atomic mass is 10.3. The molecule has 4 heteroatoms. The zero-order valence-electron chi connectivity index (χ0n) is 6.99. The normalized spacial score (nSPS) is 9.85. The van der Waals surface area contributed by atoms with E-state index in [0.717, 1.165) is 11.5 Å². The molecule has 0 unspecified atom stereocenters. The minimum Gasteiger partial charge on any atom is -0.384 e. The van der Waals surface area contributed by atoms with Crippen molar-refractivity contribution in [1.29, 1.82) is 0 Å². The maximum Gasteiger partial charge on any atom is 0.154 e. The molecule has 0 fully saturated rings. The van der Waals surface area contributed by atoms with Gasteiger partial charge in [0.25, 0.3) is 0 Å². The summed E-state index contributed by atoms with van der Waals surface area (Å²) in [6, 6.07) is 11.5. The number of H-pyrrole nitrogens is 1. The van der Waals surface area contributed by atoms with E-state index < -0.39 is 0 Å². The van der Waals surface area contributed by atoms with Crippen molar-refractivity contribution in [3.63, 3.8) is 0 Å². The van der Waals surface area contributed by atoms with Crippen molar-refractivity contribution in [3.05, 3.63) is 36.4 Å². The quantitative estimate of drug-likeness (QED) is 0.649. The third-order valence-corrected chi connectivity index (χ3v) is 1.64. The van der Waals surface area contributed by atoms with Crippen LogP contribution >= 0.6 is 0 Å². The second-order valence-electron chi connectivity index (χ2n) is 2.70. The predicted octanol–water partition coefficient (Wildman–Crippen LogP) is 1.74. The Balaban J connectivity index is 2.15.